The molecule has 1 aliphatic rings. The summed E-state index contributed by atoms with van der Waals surface area (Å²) in [5, 5.41) is 0.797. The number of aromatic nitrogens is 2. The highest BCUT2D eigenvalue weighted by molar-refractivity contribution is 8.00. The molecular formula is C25H20FN3O2S2. The zero-order valence-electron chi connectivity index (χ0n) is 17.8. The van der Waals surface area contributed by atoms with E-state index in [0.717, 1.165) is 16.3 Å². The standard InChI is InChI=1S/C25H20FN3O2S2/c1-16-10-11-17(14-19(16)26)29-24(31)18-6-2-3-7-20(18)27-25(29)33-15-23(30)28-12-13-32-22-9-5-4-8-21(22)28/h2-11,14H,12-13,15H2,1H3. The number of aryl methyl sites for hydroxylation is 1. The van der Waals surface area contributed by atoms with Gasteiger partial charge in [-0.15, -0.1) is 11.8 Å². The van der Waals surface area contributed by atoms with E-state index in [1.54, 1.807) is 53.9 Å². The quantitative estimate of drug-likeness (QED) is 0.304. The molecule has 1 aliphatic heterocycles. The van der Waals surface area contributed by atoms with Crippen molar-refractivity contribution in [1.82, 2.24) is 9.55 Å². The lowest BCUT2D eigenvalue weighted by atomic mass is 10.2. The van der Waals surface area contributed by atoms with Gasteiger partial charge in [-0.1, -0.05) is 42.1 Å². The summed E-state index contributed by atoms with van der Waals surface area (Å²) in [6.45, 7) is 2.30. The van der Waals surface area contributed by atoms with Crippen molar-refractivity contribution in [3.8, 4) is 5.69 Å². The lowest BCUT2D eigenvalue weighted by Crippen LogP contribution is -2.36. The molecule has 3 aromatic carbocycles. The maximum Gasteiger partial charge on any atom is 0.266 e. The number of thioether (sulfide) groups is 2. The second-order valence-electron chi connectivity index (χ2n) is 7.64. The van der Waals surface area contributed by atoms with Crippen LogP contribution in [0, 0.1) is 12.7 Å². The molecule has 0 spiro atoms. The van der Waals surface area contributed by atoms with Gasteiger partial charge in [-0.2, -0.15) is 0 Å². The van der Waals surface area contributed by atoms with E-state index in [0.29, 0.717) is 33.9 Å². The molecule has 5 rings (SSSR count). The summed E-state index contributed by atoms with van der Waals surface area (Å²) in [7, 11) is 0. The fourth-order valence-electron chi connectivity index (χ4n) is 3.79. The van der Waals surface area contributed by atoms with E-state index in [1.807, 2.05) is 30.3 Å². The predicted octanol–water partition coefficient (Wildman–Crippen LogP) is 5.06. The zero-order valence-corrected chi connectivity index (χ0v) is 19.5. The number of hydrogen-bond acceptors (Lipinski definition) is 5. The van der Waals surface area contributed by atoms with Crippen molar-refractivity contribution < 1.29 is 9.18 Å². The van der Waals surface area contributed by atoms with Crippen LogP contribution in [0.4, 0.5) is 10.1 Å². The molecule has 4 aromatic rings. The van der Waals surface area contributed by atoms with Crippen molar-refractivity contribution in [2.75, 3.05) is 23.0 Å². The Kier molecular flexibility index (Phi) is 5.95. The van der Waals surface area contributed by atoms with Gasteiger partial charge in [-0.25, -0.2) is 9.37 Å². The second kappa shape index (κ2) is 9.03. The normalized spacial score (nSPS) is 13.2. The Labute approximate surface area is 198 Å². The van der Waals surface area contributed by atoms with Crippen LogP contribution in [0.2, 0.25) is 0 Å². The molecule has 0 N–H and O–H groups in total. The van der Waals surface area contributed by atoms with E-state index >= 15 is 0 Å². The number of nitrogens with zero attached hydrogens (tertiary/aromatic N) is 3. The van der Waals surface area contributed by atoms with Crippen LogP contribution in [0.25, 0.3) is 16.6 Å². The molecule has 8 heteroatoms. The summed E-state index contributed by atoms with van der Waals surface area (Å²) in [4.78, 5) is 34.0. The van der Waals surface area contributed by atoms with E-state index in [2.05, 4.69) is 4.98 Å². The Bertz CT molecular complexity index is 1440. The average Bonchev–Trinajstić information content (AvgIpc) is 2.84. The number of fused-ring (bicyclic) bond motifs is 2. The van der Waals surface area contributed by atoms with E-state index in [9.17, 15) is 14.0 Å². The fourth-order valence-corrected chi connectivity index (χ4v) is 5.67. The molecule has 0 saturated heterocycles. The minimum atomic E-state index is -0.401. The van der Waals surface area contributed by atoms with E-state index in [1.165, 1.54) is 22.4 Å². The van der Waals surface area contributed by atoms with Gasteiger partial charge < -0.3 is 4.90 Å². The van der Waals surface area contributed by atoms with Gasteiger partial charge in [0.1, 0.15) is 5.82 Å². The predicted molar refractivity (Wildman–Crippen MR) is 132 cm³/mol. The first-order valence-electron chi connectivity index (χ1n) is 10.5. The van der Waals surface area contributed by atoms with Gasteiger partial charge in [0.05, 0.1) is 28.0 Å². The Balaban J connectivity index is 1.52. The lowest BCUT2D eigenvalue weighted by Gasteiger charge is -2.29. The smallest absolute Gasteiger partial charge is 0.266 e. The van der Waals surface area contributed by atoms with Crippen LogP contribution in [0.15, 0.2) is 81.6 Å². The van der Waals surface area contributed by atoms with Crippen LogP contribution in [0.5, 0.6) is 0 Å². The van der Waals surface area contributed by atoms with Crippen molar-refractivity contribution in [3.05, 3.63) is 88.5 Å². The highest BCUT2D eigenvalue weighted by Gasteiger charge is 2.24. The molecule has 5 nitrogen and oxygen atoms in total. The highest BCUT2D eigenvalue weighted by atomic mass is 32.2. The van der Waals surface area contributed by atoms with Crippen molar-refractivity contribution in [3.63, 3.8) is 0 Å². The number of carbonyl (C=O) groups excluding carboxylic acids is 1. The first-order chi connectivity index (χ1) is 16.0. The monoisotopic (exact) mass is 477 g/mol. The third kappa shape index (κ3) is 4.16. The van der Waals surface area contributed by atoms with Gasteiger partial charge in [-0.05, 0) is 48.9 Å². The summed E-state index contributed by atoms with van der Waals surface area (Å²) in [6, 6.07) is 19.6. The van der Waals surface area contributed by atoms with Gasteiger partial charge in [0, 0.05) is 17.2 Å². The van der Waals surface area contributed by atoms with Crippen LogP contribution in [-0.2, 0) is 4.79 Å². The molecule has 0 atom stereocenters. The fraction of sp³-hybridized carbons (Fsp3) is 0.160. The Morgan fingerprint density at radius 2 is 1.91 bits per heavy atom. The maximum atomic E-state index is 14.3. The maximum absolute atomic E-state index is 14.3. The Morgan fingerprint density at radius 3 is 2.76 bits per heavy atom. The largest absolute Gasteiger partial charge is 0.310 e. The Hall–Kier alpha value is -3.10. The molecule has 166 valence electrons. The van der Waals surface area contributed by atoms with Gasteiger partial charge in [0.25, 0.3) is 5.56 Å². The average molecular weight is 478 g/mol. The van der Waals surface area contributed by atoms with Gasteiger partial charge in [-0.3, -0.25) is 14.2 Å². The number of hydrogen-bond donors (Lipinski definition) is 0. The number of rotatable bonds is 4. The van der Waals surface area contributed by atoms with Gasteiger partial charge >= 0.3 is 0 Å². The molecule has 0 bridgehead atoms. The first-order valence-corrected chi connectivity index (χ1v) is 12.4. The molecule has 0 fully saturated rings. The SMILES string of the molecule is Cc1ccc(-n2c(SCC(=O)N3CCSc4ccccc43)nc3ccccc3c2=O)cc1F. The van der Waals surface area contributed by atoms with Crippen molar-refractivity contribution in [1.29, 1.82) is 0 Å². The Morgan fingerprint density at radius 1 is 1.12 bits per heavy atom. The third-order valence-corrected chi connectivity index (χ3v) is 7.48. The van der Waals surface area contributed by atoms with Crippen LogP contribution < -0.4 is 10.5 Å². The number of amides is 1. The summed E-state index contributed by atoms with van der Waals surface area (Å²) >= 11 is 2.92. The molecular weight excluding hydrogens is 457 g/mol. The van der Waals surface area contributed by atoms with Crippen LogP contribution in [0.3, 0.4) is 0 Å². The highest BCUT2D eigenvalue weighted by Crippen LogP contribution is 2.35. The summed E-state index contributed by atoms with van der Waals surface area (Å²) in [5.41, 5.74) is 2.03. The second-order valence-corrected chi connectivity index (χ2v) is 9.72. The van der Waals surface area contributed by atoms with E-state index < -0.39 is 5.82 Å². The summed E-state index contributed by atoms with van der Waals surface area (Å²) in [6.07, 6.45) is 0. The van der Waals surface area contributed by atoms with Crippen molar-refractivity contribution in [2.24, 2.45) is 0 Å². The first kappa shape index (κ1) is 21.7. The molecule has 1 aromatic heterocycles. The van der Waals surface area contributed by atoms with Crippen LogP contribution >= 0.6 is 23.5 Å². The molecule has 33 heavy (non-hydrogen) atoms. The molecule has 0 unspecified atom stereocenters. The molecule has 0 radical (unpaired) electrons. The minimum Gasteiger partial charge on any atom is -0.310 e. The number of benzene rings is 3. The molecule has 2 heterocycles. The number of carbonyl (C=O) groups is 1. The summed E-state index contributed by atoms with van der Waals surface area (Å²) in [5.74, 6) is 0.478. The topological polar surface area (TPSA) is 55.2 Å². The minimum absolute atomic E-state index is 0.0585. The lowest BCUT2D eigenvalue weighted by molar-refractivity contribution is -0.116. The number of halogens is 1. The van der Waals surface area contributed by atoms with E-state index in [-0.39, 0.29) is 17.2 Å². The summed E-state index contributed by atoms with van der Waals surface area (Å²) < 4.78 is 15.7. The van der Waals surface area contributed by atoms with E-state index in [4.69, 9.17) is 0 Å². The third-order valence-electron chi connectivity index (χ3n) is 5.51. The number of anilines is 1. The van der Waals surface area contributed by atoms with Crippen molar-refractivity contribution >= 4 is 46.0 Å². The molecule has 0 aliphatic carbocycles. The molecule has 0 saturated carbocycles. The molecule has 1 amide bonds. The number of para-hydroxylation sites is 2. The van der Waals surface area contributed by atoms with Gasteiger partial charge in [0.2, 0.25) is 5.91 Å². The van der Waals surface area contributed by atoms with Crippen LogP contribution in [0.1, 0.15) is 5.56 Å². The van der Waals surface area contributed by atoms with Crippen LogP contribution in [-0.4, -0.2) is 33.5 Å². The van der Waals surface area contributed by atoms with Gasteiger partial charge in [0.15, 0.2) is 5.16 Å². The zero-order chi connectivity index (χ0) is 22.9. The van der Waals surface area contributed by atoms with Crippen molar-refractivity contribution in [2.45, 2.75) is 17.0 Å².